The van der Waals surface area contributed by atoms with Crippen LogP contribution < -0.4 is 0 Å². The first-order valence-electron chi connectivity index (χ1n) is 4.77. The Bertz CT molecular complexity index is 385. The maximum atomic E-state index is 11.3. The smallest absolute Gasteiger partial charge is 0.328 e. The molecular formula is C12H15ClO2. The number of carbonyl (C=O) groups is 1. The molecule has 0 N–H and O–H groups in total. The van der Waals surface area contributed by atoms with Crippen molar-refractivity contribution >= 4 is 17.6 Å². The Balaban J connectivity index is 3.16. The van der Waals surface area contributed by atoms with Gasteiger partial charge in [0.05, 0.1) is 7.11 Å². The molecule has 15 heavy (non-hydrogen) atoms. The number of hydrogen-bond donors (Lipinski definition) is 0. The van der Waals surface area contributed by atoms with Crippen molar-refractivity contribution in [2.45, 2.75) is 26.1 Å². The topological polar surface area (TPSA) is 26.3 Å². The van der Waals surface area contributed by atoms with Crippen LogP contribution in [0.4, 0.5) is 0 Å². The van der Waals surface area contributed by atoms with Crippen LogP contribution in [0.2, 0.25) is 0 Å². The molecule has 0 aliphatic carbocycles. The summed E-state index contributed by atoms with van der Waals surface area (Å²) in [6, 6.07) is 3.85. The fourth-order valence-electron chi connectivity index (χ4n) is 1.48. The first kappa shape index (κ1) is 12.1. The second-order valence-corrected chi connectivity index (χ2v) is 4.04. The first-order valence-corrected chi connectivity index (χ1v) is 5.21. The van der Waals surface area contributed by atoms with Crippen molar-refractivity contribution in [2.75, 3.05) is 7.11 Å². The second-order valence-electron chi connectivity index (χ2n) is 3.61. The summed E-state index contributed by atoms with van der Waals surface area (Å²) in [6.45, 7) is 6.03. The molecule has 0 saturated carbocycles. The van der Waals surface area contributed by atoms with E-state index in [9.17, 15) is 4.79 Å². The Kier molecular flexibility index (Phi) is 3.75. The molecule has 0 fully saturated rings. The van der Waals surface area contributed by atoms with Crippen molar-refractivity contribution in [3.05, 3.63) is 34.4 Å². The summed E-state index contributed by atoms with van der Waals surface area (Å²) in [5, 5.41) is -0.714. The van der Waals surface area contributed by atoms with Crippen molar-refractivity contribution in [3.63, 3.8) is 0 Å². The Morgan fingerprint density at radius 1 is 1.27 bits per heavy atom. The van der Waals surface area contributed by atoms with Crippen LogP contribution in [-0.4, -0.2) is 13.1 Å². The minimum Gasteiger partial charge on any atom is -0.468 e. The maximum absolute atomic E-state index is 11.3. The van der Waals surface area contributed by atoms with Crippen LogP contribution in [0.15, 0.2) is 12.1 Å². The fourth-order valence-corrected chi connectivity index (χ4v) is 1.81. The molecule has 0 bridgehead atoms. The summed E-state index contributed by atoms with van der Waals surface area (Å²) in [6.07, 6.45) is 0. The zero-order valence-electron chi connectivity index (χ0n) is 9.43. The maximum Gasteiger partial charge on any atom is 0.328 e. The lowest BCUT2D eigenvalue weighted by atomic mass is 9.97. The third-order valence-electron chi connectivity index (χ3n) is 2.78. The van der Waals surface area contributed by atoms with Gasteiger partial charge in [0.25, 0.3) is 0 Å². The average molecular weight is 227 g/mol. The minimum atomic E-state index is -0.714. The molecule has 0 spiro atoms. The van der Waals surface area contributed by atoms with Gasteiger partial charge in [-0.05, 0) is 43.0 Å². The number of rotatable bonds is 2. The van der Waals surface area contributed by atoms with Gasteiger partial charge in [-0.1, -0.05) is 12.1 Å². The highest BCUT2D eigenvalue weighted by Gasteiger charge is 2.20. The second kappa shape index (κ2) is 4.67. The molecule has 1 aromatic carbocycles. The summed E-state index contributed by atoms with van der Waals surface area (Å²) in [5.41, 5.74) is 4.25. The number of aryl methyl sites for hydroxylation is 1. The Labute approximate surface area is 95.2 Å². The average Bonchev–Trinajstić information content (AvgIpc) is 2.24. The Morgan fingerprint density at radius 3 is 2.40 bits per heavy atom. The third-order valence-corrected chi connectivity index (χ3v) is 3.19. The van der Waals surface area contributed by atoms with E-state index in [1.807, 2.05) is 32.9 Å². The molecule has 2 nitrogen and oxygen atoms in total. The summed E-state index contributed by atoms with van der Waals surface area (Å²) < 4.78 is 4.62. The standard InChI is InChI=1S/C12H15ClO2/c1-7-5-6-10(9(3)8(7)2)11(13)12(14)15-4/h5-6,11H,1-4H3. The number of alkyl halides is 1. The van der Waals surface area contributed by atoms with Crippen LogP contribution in [0.1, 0.15) is 27.6 Å². The largest absolute Gasteiger partial charge is 0.468 e. The third kappa shape index (κ3) is 2.32. The van der Waals surface area contributed by atoms with E-state index in [0.29, 0.717) is 0 Å². The van der Waals surface area contributed by atoms with Crippen molar-refractivity contribution in [2.24, 2.45) is 0 Å². The summed E-state index contributed by atoms with van der Waals surface area (Å²) in [4.78, 5) is 11.3. The van der Waals surface area contributed by atoms with Gasteiger partial charge in [-0.15, -0.1) is 11.6 Å². The Morgan fingerprint density at radius 2 is 1.87 bits per heavy atom. The zero-order chi connectivity index (χ0) is 11.6. The number of halogens is 1. The number of hydrogen-bond acceptors (Lipinski definition) is 2. The lowest BCUT2D eigenvalue weighted by molar-refractivity contribution is -0.140. The molecule has 1 aromatic rings. The van der Waals surface area contributed by atoms with Gasteiger partial charge in [-0.3, -0.25) is 4.79 Å². The number of benzene rings is 1. The van der Waals surface area contributed by atoms with Gasteiger partial charge < -0.3 is 4.74 Å². The van der Waals surface area contributed by atoms with E-state index in [2.05, 4.69) is 4.74 Å². The highest BCUT2D eigenvalue weighted by Crippen LogP contribution is 2.28. The van der Waals surface area contributed by atoms with E-state index in [1.165, 1.54) is 18.2 Å². The molecule has 3 heteroatoms. The molecule has 0 saturated heterocycles. The normalized spacial score (nSPS) is 12.3. The van der Waals surface area contributed by atoms with Crippen LogP contribution in [0.3, 0.4) is 0 Å². The monoisotopic (exact) mass is 226 g/mol. The summed E-state index contributed by atoms with van der Waals surface area (Å²) >= 11 is 6.01. The lowest BCUT2D eigenvalue weighted by Gasteiger charge is -2.14. The number of carbonyl (C=O) groups excluding carboxylic acids is 1. The van der Waals surface area contributed by atoms with Gasteiger partial charge in [0.15, 0.2) is 5.38 Å². The molecule has 82 valence electrons. The minimum absolute atomic E-state index is 0.414. The van der Waals surface area contributed by atoms with Crippen LogP contribution in [0.5, 0.6) is 0 Å². The van der Waals surface area contributed by atoms with Crippen LogP contribution in [0.25, 0.3) is 0 Å². The van der Waals surface area contributed by atoms with Crippen molar-refractivity contribution < 1.29 is 9.53 Å². The molecule has 0 aliphatic heterocycles. The van der Waals surface area contributed by atoms with Crippen molar-refractivity contribution in [3.8, 4) is 0 Å². The molecule has 0 radical (unpaired) electrons. The lowest BCUT2D eigenvalue weighted by Crippen LogP contribution is -2.10. The van der Waals surface area contributed by atoms with E-state index in [4.69, 9.17) is 11.6 Å². The van der Waals surface area contributed by atoms with Gasteiger partial charge in [-0.25, -0.2) is 0 Å². The summed E-state index contributed by atoms with van der Waals surface area (Å²) in [5.74, 6) is -0.414. The molecular weight excluding hydrogens is 212 g/mol. The van der Waals surface area contributed by atoms with E-state index in [-0.39, 0.29) is 0 Å². The van der Waals surface area contributed by atoms with Crippen LogP contribution in [-0.2, 0) is 9.53 Å². The number of esters is 1. The summed E-state index contributed by atoms with van der Waals surface area (Å²) in [7, 11) is 1.34. The molecule has 0 amide bonds. The highest BCUT2D eigenvalue weighted by molar-refractivity contribution is 6.30. The molecule has 1 unspecified atom stereocenters. The van der Waals surface area contributed by atoms with Gasteiger partial charge in [0, 0.05) is 0 Å². The van der Waals surface area contributed by atoms with Gasteiger partial charge in [0.1, 0.15) is 0 Å². The number of methoxy groups -OCH3 is 1. The van der Waals surface area contributed by atoms with E-state index < -0.39 is 11.3 Å². The Hall–Kier alpha value is -1.02. The van der Waals surface area contributed by atoms with Crippen molar-refractivity contribution in [1.29, 1.82) is 0 Å². The first-order chi connectivity index (χ1) is 6.99. The van der Waals surface area contributed by atoms with Crippen LogP contribution >= 0.6 is 11.6 Å². The SMILES string of the molecule is COC(=O)C(Cl)c1ccc(C)c(C)c1C. The van der Waals surface area contributed by atoms with E-state index in [0.717, 1.165) is 11.1 Å². The van der Waals surface area contributed by atoms with Crippen molar-refractivity contribution in [1.82, 2.24) is 0 Å². The zero-order valence-corrected chi connectivity index (χ0v) is 10.2. The predicted molar refractivity (Wildman–Crippen MR) is 61.3 cm³/mol. The van der Waals surface area contributed by atoms with Gasteiger partial charge in [-0.2, -0.15) is 0 Å². The molecule has 1 atom stereocenters. The van der Waals surface area contributed by atoms with Crippen LogP contribution in [0, 0.1) is 20.8 Å². The van der Waals surface area contributed by atoms with E-state index in [1.54, 1.807) is 0 Å². The van der Waals surface area contributed by atoms with Gasteiger partial charge in [0.2, 0.25) is 0 Å². The predicted octanol–water partition coefficient (Wildman–Crippen LogP) is 3.06. The molecule has 0 aliphatic rings. The molecule has 0 aromatic heterocycles. The highest BCUT2D eigenvalue weighted by atomic mass is 35.5. The molecule has 1 rings (SSSR count). The van der Waals surface area contributed by atoms with Gasteiger partial charge >= 0.3 is 5.97 Å². The van der Waals surface area contributed by atoms with E-state index >= 15 is 0 Å². The number of ether oxygens (including phenoxy) is 1. The quantitative estimate of drug-likeness (QED) is 0.572. The molecule has 0 heterocycles. The fraction of sp³-hybridized carbons (Fsp3) is 0.417.